The number of hydrogen-bond acceptors (Lipinski definition) is 5. The highest BCUT2D eigenvalue weighted by atomic mass is 16.5. The molecule has 6 nitrogen and oxygen atoms in total. The maximum Gasteiger partial charge on any atom is 0.306 e. The quantitative estimate of drug-likeness (QED) is 0.0247. The summed E-state index contributed by atoms with van der Waals surface area (Å²) < 4.78 is 5.88. The number of esters is 1. The van der Waals surface area contributed by atoms with Gasteiger partial charge in [-0.3, -0.25) is 9.59 Å². The normalized spacial score (nSPS) is 13.7. The van der Waals surface area contributed by atoms with Gasteiger partial charge in [-0.2, -0.15) is 0 Å². The Kier molecular flexibility index (Phi) is 43.2. The average Bonchev–Trinajstić information content (AvgIpc) is 3.20. The Balaban J connectivity index is 4.44. The first-order valence-electron chi connectivity index (χ1n) is 24.4. The second kappa shape index (κ2) is 44.9. The van der Waals surface area contributed by atoms with Crippen LogP contribution in [-0.2, 0) is 14.3 Å². The van der Waals surface area contributed by atoms with Crippen molar-refractivity contribution >= 4 is 11.9 Å². The van der Waals surface area contributed by atoms with Gasteiger partial charge in [0.15, 0.2) is 0 Å². The van der Waals surface area contributed by atoms with Crippen LogP contribution in [0.1, 0.15) is 239 Å². The summed E-state index contributed by atoms with van der Waals surface area (Å²) in [6.07, 6.45) is 53.2. The van der Waals surface area contributed by atoms with Crippen LogP contribution in [0.2, 0.25) is 0 Å². The van der Waals surface area contributed by atoms with Crippen molar-refractivity contribution in [3.8, 4) is 0 Å². The lowest BCUT2D eigenvalue weighted by Gasteiger charge is -2.24. The Morgan fingerprint density at radius 1 is 0.526 bits per heavy atom. The van der Waals surface area contributed by atoms with E-state index < -0.39 is 18.2 Å². The van der Waals surface area contributed by atoms with Crippen molar-refractivity contribution in [2.24, 2.45) is 0 Å². The average molecular weight is 800 g/mol. The predicted octanol–water partition coefficient (Wildman–Crippen LogP) is 14.3. The minimum Gasteiger partial charge on any atom is -0.462 e. The lowest BCUT2D eigenvalue weighted by atomic mass is 10.0. The van der Waals surface area contributed by atoms with Gasteiger partial charge in [-0.05, 0) is 64.2 Å². The summed E-state index contributed by atoms with van der Waals surface area (Å²) >= 11 is 0. The van der Waals surface area contributed by atoms with E-state index in [1.54, 1.807) is 0 Å². The van der Waals surface area contributed by atoms with Gasteiger partial charge in [0.25, 0.3) is 0 Å². The molecule has 3 N–H and O–H groups in total. The molecule has 0 heterocycles. The zero-order valence-electron chi connectivity index (χ0n) is 37.7. The molecular formula is C51H93NO5. The van der Waals surface area contributed by atoms with Gasteiger partial charge in [0.1, 0.15) is 6.10 Å². The molecule has 0 aliphatic carbocycles. The van der Waals surface area contributed by atoms with Gasteiger partial charge >= 0.3 is 5.97 Å². The van der Waals surface area contributed by atoms with Gasteiger partial charge in [-0.25, -0.2) is 0 Å². The van der Waals surface area contributed by atoms with Crippen molar-refractivity contribution in [1.82, 2.24) is 5.32 Å². The molecule has 332 valence electrons. The monoisotopic (exact) mass is 800 g/mol. The molecule has 1 amide bonds. The molecule has 0 aromatic carbocycles. The lowest BCUT2D eigenvalue weighted by Crippen LogP contribution is -2.46. The lowest BCUT2D eigenvalue weighted by molar-refractivity contribution is -0.151. The number of carbonyl (C=O) groups is 2. The van der Waals surface area contributed by atoms with Crippen LogP contribution in [0.3, 0.4) is 0 Å². The minimum absolute atomic E-state index is 0.0612. The van der Waals surface area contributed by atoms with E-state index in [1.807, 2.05) is 0 Å². The largest absolute Gasteiger partial charge is 0.462 e. The Morgan fingerprint density at radius 3 is 1.56 bits per heavy atom. The van der Waals surface area contributed by atoms with Crippen molar-refractivity contribution in [3.05, 3.63) is 48.6 Å². The molecule has 0 radical (unpaired) electrons. The van der Waals surface area contributed by atoms with Crippen molar-refractivity contribution in [3.63, 3.8) is 0 Å². The van der Waals surface area contributed by atoms with Crippen molar-refractivity contribution in [1.29, 1.82) is 0 Å². The van der Waals surface area contributed by atoms with Gasteiger partial charge < -0.3 is 20.3 Å². The van der Waals surface area contributed by atoms with Crippen LogP contribution in [0.25, 0.3) is 0 Å². The van der Waals surface area contributed by atoms with E-state index in [1.165, 1.54) is 103 Å². The zero-order valence-corrected chi connectivity index (χ0v) is 37.7. The molecule has 0 fully saturated rings. The summed E-state index contributed by atoms with van der Waals surface area (Å²) in [5.41, 5.74) is 0. The van der Waals surface area contributed by atoms with Gasteiger partial charge in [-0.15, -0.1) is 0 Å². The number of allylic oxidation sites excluding steroid dienone is 8. The Morgan fingerprint density at radius 2 is 1.00 bits per heavy atom. The zero-order chi connectivity index (χ0) is 41.7. The third kappa shape index (κ3) is 40.4. The van der Waals surface area contributed by atoms with Crippen molar-refractivity contribution < 1.29 is 24.5 Å². The number of aliphatic hydroxyl groups excluding tert-OH is 2. The number of hydrogen-bond donors (Lipinski definition) is 3. The topological polar surface area (TPSA) is 95.9 Å². The molecule has 3 unspecified atom stereocenters. The molecule has 0 rings (SSSR count). The summed E-state index contributed by atoms with van der Waals surface area (Å²) in [7, 11) is 0. The predicted molar refractivity (Wildman–Crippen MR) is 245 cm³/mol. The first-order valence-corrected chi connectivity index (χ1v) is 24.4. The Hall–Kier alpha value is -2.18. The van der Waals surface area contributed by atoms with E-state index in [2.05, 4.69) is 74.7 Å². The fourth-order valence-corrected chi connectivity index (χ4v) is 7.26. The molecular weight excluding hydrogens is 707 g/mol. The minimum atomic E-state index is -0.792. The summed E-state index contributed by atoms with van der Waals surface area (Å²) in [5.74, 6) is -0.505. The molecule has 0 bridgehead atoms. The first-order chi connectivity index (χ1) is 28.0. The van der Waals surface area contributed by atoms with E-state index in [0.717, 1.165) is 89.9 Å². The summed E-state index contributed by atoms with van der Waals surface area (Å²) in [5, 5.41) is 23.7. The van der Waals surface area contributed by atoms with Gasteiger partial charge in [0.05, 0.1) is 25.2 Å². The first kappa shape index (κ1) is 54.8. The molecule has 57 heavy (non-hydrogen) atoms. The SMILES string of the molecule is CC/C=C/C=C/C=C/CCCCCCCCCC(=O)OC(CCCCC/C=C\CCC)CC(=O)NC(CO)C(O)CCCCCCCCCCCCCCCCC. The van der Waals surface area contributed by atoms with Crippen LogP contribution in [0.5, 0.6) is 0 Å². The highest BCUT2D eigenvalue weighted by Gasteiger charge is 2.24. The van der Waals surface area contributed by atoms with Crippen LogP contribution < -0.4 is 5.32 Å². The van der Waals surface area contributed by atoms with E-state index >= 15 is 0 Å². The molecule has 0 aromatic rings. The molecule has 0 saturated heterocycles. The molecule has 6 heteroatoms. The fraction of sp³-hybridized carbons (Fsp3) is 0.804. The highest BCUT2D eigenvalue weighted by Crippen LogP contribution is 2.17. The van der Waals surface area contributed by atoms with Gasteiger partial charge in [0.2, 0.25) is 5.91 Å². The highest BCUT2D eigenvalue weighted by molar-refractivity contribution is 5.77. The van der Waals surface area contributed by atoms with Crippen molar-refractivity contribution in [2.45, 2.75) is 257 Å². The second-order valence-electron chi connectivity index (χ2n) is 16.5. The van der Waals surface area contributed by atoms with Crippen LogP contribution in [0, 0.1) is 0 Å². The number of amides is 1. The molecule has 0 aliphatic rings. The van der Waals surface area contributed by atoms with Crippen LogP contribution in [-0.4, -0.2) is 46.9 Å². The van der Waals surface area contributed by atoms with Gasteiger partial charge in [-0.1, -0.05) is 211 Å². The van der Waals surface area contributed by atoms with Gasteiger partial charge in [0, 0.05) is 6.42 Å². The third-order valence-corrected chi connectivity index (χ3v) is 10.9. The fourth-order valence-electron chi connectivity index (χ4n) is 7.26. The molecule has 0 aliphatic heterocycles. The van der Waals surface area contributed by atoms with Crippen LogP contribution in [0.4, 0.5) is 0 Å². The third-order valence-electron chi connectivity index (χ3n) is 10.9. The standard InChI is InChI=1S/C51H93NO5/c1-4-7-10-13-16-19-21-23-25-27-29-31-34-37-40-43-49(54)48(46-53)52-50(55)45-47(42-39-36-33-18-15-12-9-6-3)57-51(56)44-41-38-35-32-30-28-26-24-22-20-17-14-11-8-5-2/h8,11-12,14-15,17,20,22,47-49,53-54H,4-7,9-10,13,16,18-19,21,23-46H2,1-3H3,(H,52,55)/b11-8+,15-12-,17-14+,22-20+. The van der Waals surface area contributed by atoms with E-state index in [4.69, 9.17) is 4.74 Å². The number of ether oxygens (including phenoxy) is 1. The molecule has 0 saturated carbocycles. The number of carbonyl (C=O) groups excluding carboxylic acids is 2. The molecule has 3 atom stereocenters. The van der Waals surface area contributed by atoms with E-state index in [0.29, 0.717) is 19.3 Å². The van der Waals surface area contributed by atoms with E-state index in [-0.39, 0.29) is 24.9 Å². The number of unbranched alkanes of at least 4 members (excludes halogenated alkanes) is 25. The maximum absolute atomic E-state index is 13.1. The van der Waals surface area contributed by atoms with Crippen LogP contribution >= 0.6 is 0 Å². The molecule has 0 spiro atoms. The Bertz CT molecular complexity index is 988. The smallest absolute Gasteiger partial charge is 0.306 e. The van der Waals surface area contributed by atoms with Crippen molar-refractivity contribution in [2.75, 3.05) is 6.61 Å². The van der Waals surface area contributed by atoms with Crippen LogP contribution in [0.15, 0.2) is 48.6 Å². The maximum atomic E-state index is 13.1. The number of nitrogens with one attached hydrogen (secondary N) is 1. The second-order valence-corrected chi connectivity index (χ2v) is 16.5. The van der Waals surface area contributed by atoms with E-state index in [9.17, 15) is 19.8 Å². The summed E-state index contributed by atoms with van der Waals surface area (Å²) in [4.78, 5) is 26.0. The molecule has 0 aromatic heterocycles. The number of aliphatic hydroxyl groups is 2. The Labute approximate surface area is 353 Å². The summed E-state index contributed by atoms with van der Waals surface area (Å²) in [6.45, 7) is 6.28. The number of rotatable bonds is 43. The summed E-state index contributed by atoms with van der Waals surface area (Å²) in [6, 6.07) is -0.706.